The van der Waals surface area contributed by atoms with Crippen LogP contribution in [-0.2, 0) is 6.54 Å². The van der Waals surface area contributed by atoms with E-state index < -0.39 is 11.9 Å². The van der Waals surface area contributed by atoms with Crippen LogP contribution in [0.5, 0.6) is 0 Å². The predicted octanol–water partition coefficient (Wildman–Crippen LogP) is 5.43. The number of para-hydroxylation sites is 1. The lowest BCUT2D eigenvalue weighted by molar-refractivity contribution is 0.0698. The molecular weight excluding hydrogens is 407 g/mol. The van der Waals surface area contributed by atoms with Crippen LogP contribution in [0.3, 0.4) is 0 Å². The molecule has 2 N–H and O–H groups in total. The van der Waals surface area contributed by atoms with E-state index in [1.165, 1.54) is 24.3 Å². The van der Waals surface area contributed by atoms with E-state index in [2.05, 4.69) is 5.32 Å². The van der Waals surface area contributed by atoms with Crippen molar-refractivity contribution in [3.63, 3.8) is 0 Å². The van der Waals surface area contributed by atoms with E-state index in [-0.39, 0.29) is 17.1 Å². The van der Waals surface area contributed by atoms with E-state index in [0.29, 0.717) is 17.3 Å². The Morgan fingerprint density at radius 3 is 2.47 bits per heavy atom. The van der Waals surface area contributed by atoms with Gasteiger partial charge in [0, 0.05) is 22.5 Å². The summed E-state index contributed by atoms with van der Waals surface area (Å²) < 4.78 is 15.1. The fraction of sp³-hybridized carbons (Fsp3) is 0.0435. The van der Waals surface area contributed by atoms with Crippen LogP contribution in [-0.4, -0.2) is 21.6 Å². The van der Waals surface area contributed by atoms with E-state index in [1.54, 1.807) is 47.0 Å². The first-order valence-corrected chi connectivity index (χ1v) is 9.47. The van der Waals surface area contributed by atoms with Gasteiger partial charge in [0.2, 0.25) is 0 Å². The van der Waals surface area contributed by atoms with Crippen LogP contribution >= 0.6 is 11.6 Å². The van der Waals surface area contributed by atoms with Gasteiger partial charge in [-0.25, -0.2) is 9.18 Å². The standard InChI is InChI=1S/C23H16ClFN2O3/c24-16-7-10-20-15(11-16)12-21(27(20)13-14-5-8-17(25)9-6-14)22(28)26-19-4-2-1-3-18(19)23(29)30/h1-12H,13H2,(H,26,28)(H,29,30). The third-order valence-electron chi connectivity index (χ3n) is 4.76. The fourth-order valence-electron chi connectivity index (χ4n) is 3.34. The van der Waals surface area contributed by atoms with Crippen molar-refractivity contribution in [1.29, 1.82) is 0 Å². The van der Waals surface area contributed by atoms with Crippen LogP contribution < -0.4 is 5.32 Å². The molecule has 30 heavy (non-hydrogen) atoms. The zero-order chi connectivity index (χ0) is 21.3. The number of aromatic nitrogens is 1. The molecule has 0 aliphatic rings. The number of aromatic carboxylic acids is 1. The van der Waals surface area contributed by atoms with Gasteiger partial charge in [-0.05, 0) is 54.1 Å². The number of benzene rings is 3. The lowest BCUT2D eigenvalue weighted by Gasteiger charge is -2.13. The number of nitrogens with one attached hydrogen (secondary N) is 1. The van der Waals surface area contributed by atoms with Crippen molar-refractivity contribution < 1.29 is 19.1 Å². The minimum atomic E-state index is -1.13. The Kier molecular flexibility index (Phi) is 5.25. The van der Waals surface area contributed by atoms with Crippen molar-refractivity contribution in [2.75, 3.05) is 5.32 Å². The number of carboxylic acids is 1. The Labute approximate surface area is 176 Å². The topological polar surface area (TPSA) is 71.3 Å². The molecule has 0 saturated carbocycles. The average molecular weight is 423 g/mol. The van der Waals surface area contributed by atoms with Crippen molar-refractivity contribution in [2.45, 2.75) is 6.54 Å². The highest BCUT2D eigenvalue weighted by Crippen LogP contribution is 2.26. The second kappa shape index (κ2) is 8.00. The third kappa shape index (κ3) is 3.90. The lowest BCUT2D eigenvalue weighted by Crippen LogP contribution is -2.19. The molecule has 0 fully saturated rings. The Balaban J connectivity index is 1.76. The smallest absolute Gasteiger partial charge is 0.337 e. The summed E-state index contributed by atoms with van der Waals surface area (Å²) in [7, 11) is 0. The number of amides is 1. The van der Waals surface area contributed by atoms with Gasteiger partial charge in [-0.2, -0.15) is 0 Å². The summed E-state index contributed by atoms with van der Waals surface area (Å²) in [5, 5.41) is 13.3. The molecule has 0 saturated heterocycles. The van der Waals surface area contributed by atoms with Crippen molar-refractivity contribution >= 4 is 40.1 Å². The highest BCUT2D eigenvalue weighted by Gasteiger charge is 2.19. The summed E-state index contributed by atoms with van der Waals surface area (Å²) in [5.74, 6) is -1.94. The number of hydrogen-bond donors (Lipinski definition) is 2. The molecule has 1 aromatic heterocycles. The number of carboxylic acid groups (broad SMARTS) is 1. The number of hydrogen-bond acceptors (Lipinski definition) is 2. The molecule has 0 aliphatic carbocycles. The Bertz CT molecular complexity index is 1270. The molecule has 3 aromatic carbocycles. The summed E-state index contributed by atoms with van der Waals surface area (Å²) in [5.41, 5.74) is 2.11. The molecule has 0 bridgehead atoms. The first-order chi connectivity index (χ1) is 14.4. The molecule has 1 heterocycles. The van der Waals surface area contributed by atoms with Crippen molar-refractivity contribution in [3.05, 3.63) is 100 Å². The Morgan fingerprint density at radius 2 is 1.73 bits per heavy atom. The molecular formula is C23H16ClFN2O3. The van der Waals surface area contributed by atoms with E-state index in [0.717, 1.165) is 16.5 Å². The summed E-state index contributed by atoms with van der Waals surface area (Å²) >= 11 is 6.11. The summed E-state index contributed by atoms with van der Waals surface area (Å²) in [6.45, 7) is 0.328. The summed E-state index contributed by atoms with van der Waals surface area (Å²) in [4.78, 5) is 24.5. The van der Waals surface area contributed by atoms with Gasteiger partial charge in [-0.15, -0.1) is 0 Å². The van der Waals surface area contributed by atoms with Gasteiger partial charge in [0.1, 0.15) is 11.5 Å². The molecule has 0 atom stereocenters. The number of halogens is 2. The highest BCUT2D eigenvalue weighted by atomic mass is 35.5. The second-order valence-electron chi connectivity index (χ2n) is 6.75. The van der Waals surface area contributed by atoms with E-state index in [9.17, 15) is 19.1 Å². The molecule has 7 heteroatoms. The molecule has 0 unspecified atom stereocenters. The minimum Gasteiger partial charge on any atom is -0.478 e. The SMILES string of the molecule is O=C(O)c1ccccc1NC(=O)c1cc2cc(Cl)ccc2n1Cc1ccc(F)cc1. The quantitative estimate of drug-likeness (QED) is 0.450. The van der Waals surface area contributed by atoms with Gasteiger partial charge in [0.05, 0.1) is 11.3 Å². The molecule has 0 aliphatic heterocycles. The maximum absolute atomic E-state index is 13.3. The summed E-state index contributed by atoms with van der Waals surface area (Å²) in [6, 6.07) is 19.2. The first kappa shape index (κ1) is 19.7. The first-order valence-electron chi connectivity index (χ1n) is 9.09. The zero-order valence-electron chi connectivity index (χ0n) is 15.6. The van der Waals surface area contributed by atoms with Crippen molar-refractivity contribution in [2.24, 2.45) is 0 Å². The molecule has 0 spiro atoms. The van der Waals surface area contributed by atoms with Gasteiger partial charge in [0.15, 0.2) is 0 Å². The van der Waals surface area contributed by atoms with Gasteiger partial charge in [-0.1, -0.05) is 35.9 Å². The molecule has 1 amide bonds. The number of anilines is 1. The van der Waals surface area contributed by atoms with Crippen molar-refractivity contribution in [3.8, 4) is 0 Å². The van der Waals surface area contributed by atoms with Crippen molar-refractivity contribution in [1.82, 2.24) is 4.57 Å². The molecule has 4 aromatic rings. The Morgan fingerprint density at radius 1 is 1.00 bits per heavy atom. The molecule has 150 valence electrons. The molecule has 5 nitrogen and oxygen atoms in total. The number of carbonyl (C=O) groups excluding carboxylic acids is 1. The monoisotopic (exact) mass is 422 g/mol. The largest absolute Gasteiger partial charge is 0.478 e. The fourth-order valence-corrected chi connectivity index (χ4v) is 3.52. The zero-order valence-corrected chi connectivity index (χ0v) is 16.4. The summed E-state index contributed by atoms with van der Waals surface area (Å²) in [6.07, 6.45) is 0. The third-order valence-corrected chi connectivity index (χ3v) is 4.99. The highest BCUT2D eigenvalue weighted by molar-refractivity contribution is 6.31. The predicted molar refractivity (Wildman–Crippen MR) is 114 cm³/mol. The van der Waals surface area contributed by atoms with Crippen LogP contribution in [0.25, 0.3) is 10.9 Å². The van der Waals surface area contributed by atoms with E-state index >= 15 is 0 Å². The van der Waals surface area contributed by atoms with E-state index in [1.807, 2.05) is 6.07 Å². The number of fused-ring (bicyclic) bond motifs is 1. The van der Waals surface area contributed by atoms with Gasteiger partial charge >= 0.3 is 5.97 Å². The molecule has 0 radical (unpaired) electrons. The number of rotatable bonds is 5. The van der Waals surface area contributed by atoms with Gasteiger partial charge in [-0.3, -0.25) is 4.79 Å². The molecule has 4 rings (SSSR count). The van der Waals surface area contributed by atoms with Crippen LogP contribution in [0.15, 0.2) is 72.8 Å². The number of nitrogens with zero attached hydrogens (tertiary/aromatic N) is 1. The Hall–Kier alpha value is -3.64. The van der Waals surface area contributed by atoms with Crippen LogP contribution in [0, 0.1) is 5.82 Å². The van der Waals surface area contributed by atoms with Crippen LogP contribution in [0.4, 0.5) is 10.1 Å². The maximum Gasteiger partial charge on any atom is 0.337 e. The maximum atomic E-state index is 13.3. The van der Waals surface area contributed by atoms with Crippen LogP contribution in [0.1, 0.15) is 26.4 Å². The second-order valence-corrected chi connectivity index (χ2v) is 7.19. The minimum absolute atomic E-state index is 0.00455. The number of carbonyl (C=O) groups is 2. The lowest BCUT2D eigenvalue weighted by atomic mass is 10.1. The van der Waals surface area contributed by atoms with Gasteiger partial charge in [0.25, 0.3) is 5.91 Å². The van der Waals surface area contributed by atoms with Gasteiger partial charge < -0.3 is 15.0 Å². The normalized spacial score (nSPS) is 10.9. The van der Waals surface area contributed by atoms with Crippen LogP contribution in [0.2, 0.25) is 5.02 Å². The average Bonchev–Trinajstić information content (AvgIpc) is 3.07. The van der Waals surface area contributed by atoms with E-state index in [4.69, 9.17) is 11.6 Å².